The number of anilines is 1. The molecule has 0 bridgehead atoms. The van der Waals surface area contributed by atoms with Gasteiger partial charge >= 0.3 is 0 Å². The molecule has 118 valence electrons. The molecule has 0 aliphatic heterocycles. The number of halogens is 2. The molecule has 0 amide bonds. The second-order valence-corrected chi connectivity index (χ2v) is 8.66. The lowest BCUT2D eigenvalue weighted by Gasteiger charge is -2.22. The number of hydrogen-bond donors (Lipinski definition) is 3. The molecule has 1 aliphatic rings. The van der Waals surface area contributed by atoms with Gasteiger partial charge in [0.25, 0.3) is 0 Å². The number of benzene rings is 1. The Bertz CT molecular complexity index is 599. The SMILES string of the molecule is Nc1cc(Br)cc(Br)c1S(=O)(=O)NC1CCCCCC1O. The zero-order valence-corrected chi connectivity index (χ0v) is 15.3. The van der Waals surface area contributed by atoms with Crippen molar-refractivity contribution in [2.24, 2.45) is 0 Å². The van der Waals surface area contributed by atoms with E-state index in [0.717, 1.165) is 19.3 Å². The van der Waals surface area contributed by atoms with Gasteiger partial charge < -0.3 is 10.8 Å². The first-order valence-electron chi connectivity index (χ1n) is 6.76. The molecule has 2 atom stereocenters. The first kappa shape index (κ1) is 17.2. The molecule has 0 saturated heterocycles. The molecule has 1 aromatic carbocycles. The van der Waals surface area contributed by atoms with Crippen LogP contribution in [0.1, 0.15) is 32.1 Å². The quantitative estimate of drug-likeness (QED) is 0.496. The molecule has 1 aliphatic carbocycles. The van der Waals surface area contributed by atoms with Crippen LogP contribution in [0.3, 0.4) is 0 Å². The third-order valence-corrected chi connectivity index (χ3v) is 6.54. The number of nitrogens with one attached hydrogen (secondary N) is 1. The van der Waals surface area contributed by atoms with E-state index in [1.165, 1.54) is 0 Å². The Kier molecular flexibility index (Phi) is 5.70. The predicted octanol–water partition coefficient (Wildman–Crippen LogP) is 2.77. The van der Waals surface area contributed by atoms with E-state index in [9.17, 15) is 13.5 Å². The van der Waals surface area contributed by atoms with Crippen molar-refractivity contribution in [2.75, 3.05) is 5.73 Å². The van der Waals surface area contributed by atoms with Crippen LogP contribution in [0, 0.1) is 0 Å². The Labute approximate surface area is 141 Å². The maximum Gasteiger partial charge on any atom is 0.244 e. The highest BCUT2D eigenvalue weighted by Gasteiger charge is 2.29. The normalized spacial score (nSPS) is 23.8. The third-order valence-electron chi connectivity index (χ3n) is 3.59. The number of aliphatic hydroxyl groups excluding tert-OH is 1. The summed E-state index contributed by atoms with van der Waals surface area (Å²) in [7, 11) is -3.79. The molecule has 4 N–H and O–H groups in total. The largest absolute Gasteiger partial charge is 0.398 e. The van der Waals surface area contributed by atoms with Gasteiger partial charge in [-0.3, -0.25) is 0 Å². The Hall–Kier alpha value is -0.150. The van der Waals surface area contributed by atoms with E-state index in [0.29, 0.717) is 21.8 Å². The fraction of sp³-hybridized carbons (Fsp3) is 0.538. The minimum atomic E-state index is -3.79. The summed E-state index contributed by atoms with van der Waals surface area (Å²) in [5, 5.41) is 10.1. The van der Waals surface area contributed by atoms with Gasteiger partial charge in [0.05, 0.1) is 11.8 Å². The minimum absolute atomic E-state index is 0.0159. The van der Waals surface area contributed by atoms with E-state index in [1.54, 1.807) is 12.1 Å². The molecule has 2 rings (SSSR count). The lowest BCUT2D eigenvalue weighted by molar-refractivity contribution is 0.130. The molecule has 8 heteroatoms. The molecular formula is C13H18Br2N2O3S. The number of aliphatic hydroxyl groups is 1. The summed E-state index contributed by atoms with van der Waals surface area (Å²) in [5.41, 5.74) is 6.00. The van der Waals surface area contributed by atoms with Gasteiger partial charge in [0.15, 0.2) is 0 Å². The summed E-state index contributed by atoms with van der Waals surface area (Å²) in [4.78, 5) is 0.0159. The molecular weight excluding hydrogens is 424 g/mol. The zero-order chi connectivity index (χ0) is 15.6. The smallest absolute Gasteiger partial charge is 0.244 e. The third kappa shape index (κ3) is 4.19. The predicted molar refractivity (Wildman–Crippen MR) is 89.5 cm³/mol. The lowest BCUT2D eigenvalue weighted by Crippen LogP contribution is -2.42. The molecule has 0 aromatic heterocycles. The molecule has 1 fully saturated rings. The number of sulfonamides is 1. The second kappa shape index (κ2) is 6.95. The molecule has 0 spiro atoms. The fourth-order valence-electron chi connectivity index (χ4n) is 2.55. The maximum absolute atomic E-state index is 12.6. The van der Waals surface area contributed by atoms with E-state index in [1.807, 2.05) is 0 Å². The summed E-state index contributed by atoms with van der Waals surface area (Å²) in [6.07, 6.45) is 3.43. The molecule has 1 saturated carbocycles. The summed E-state index contributed by atoms with van der Waals surface area (Å²) in [6, 6.07) is 2.71. The lowest BCUT2D eigenvalue weighted by atomic mass is 10.1. The van der Waals surface area contributed by atoms with Crippen LogP contribution in [-0.4, -0.2) is 25.7 Å². The van der Waals surface area contributed by atoms with Gasteiger partial charge in [-0.1, -0.05) is 35.2 Å². The van der Waals surface area contributed by atoms with Crippen LogP contribution in [0.4, 0.5) is 5.69 Å². The van der Waals surface area contributed by atoms with E-state index in [-0.39, 0.29) is 10.6 Å². The van der Waals surface area contributed by atoms with Crippen molar-refractivity contribution in [3.05, 3.63) is 21.1 Å². The summed E-state index contributed by atoms with van der Waals surface area (Å²) in [6.45, 7) is 0. The van der Waals surface area contributed by atoms with Gasteiger partial charge in [0.1, 0.15) is 4.90 Å². The molecule has 5 nitrogen and oxygen atoms in total. The van der Waals surface area contributed by atoms with E-state index in [2.05, 4.69) is 36.6 Å². The van der Waals surface area contributed by atoms with Gasteiger partial charge in [-0.15, -0.1) is 0 Å². The van der Waals surface area contributed by atoms with Crippen LogP contribution in [-0.2, 0) is 10.0 Å². The van der Waals surface area contributed by atoms with Gasteiger partial charge in [0, 0.05) is 15.0 Å². The van der Waals surface area contributed by atoms with Crippen molar-refractivity contribution in [3.8, 4) is 0 Å². The first-order chi connectivity index (χ1) is 9.81. The molecule has 1 aromatic rings. The highest BCUT2D eigenvalue weighted by atomic mass is 79.9. The van der Waals surface area contributed by atoms with Gasteiger partial charge in [-0.25, -0.2) is 13.1 Å². The van der Waals surface area contributed by atoms with Crippen molar-refractivity contribution in [1.29, 1.82) is 0 Å². The Morgan fingerprint density at radius 2 is 1.86 bits per heavy atom. The van der Waals surface area contributed by atoms with Crippen LogP contribution in [0.15, 0.2) is 26.0 Å². The van der Waals surface area contributed by atoms with Crippen LogP contribution in [0.5, 0.6) is 0 Å². The van der Waals surface area contributed by atoms with Crippen molar-refractivity contribution >= 4 is 47.6 Å². The van der Waals surface area contributed by atoms with E-state index in [4.69, 9.17) is 5.73 Å². The van der Waals surface area contributed by atoms with E-state index < -0.39 is 22.2 Å². The van der Waals surface area contributed by atoms with Gasteiger partial charge in [-0.05, 0) is 40.9 Å². The number of hydrogen-bond acceptors (Lipinski definition) is 4. The number of nitrogen functional groups attached to an aromatic ring is 1. The summed E-state index contributed by atoms with van der Waals surface area (Å²) in [5.74, 6) is 0. The summed E-state index contributed by atoms with van der Waals surface area (Å²) >= 11 is 6.50. The average Bonchev–Trinajstić information content (AvgIpc) is 2.52. The Morgan fingerprint density at radius 3 is 2.52 bits per heavy atom. The second-order valence-electron chi connectivity index (χ2n) is 5.24. The maximum atomic E-state index is 12.6. The molecule has 0 radical (unpaired) electrons. The summed E-state index contributed by atoms with van der Waals surface area (Å²) < 4.78 is 28.8. The van der Waals surface area contributed by atoms with Gasteiger partial charge in [-0.2, -0.15) is 0 Å². The monoisotopic (exact) mass is 440 g/mol. The highest BCUT2D eigenvalue weighted by Crippen LogP contribution is 2.32. The Morgan fingerprint density at radius 1 is 1.19 bits per heavy atom. The zero-order valence-electron chi connectivity index (χ0n) is 11.4. The topological polar surface area (TPSA) is 92.4 Å². The van der Waals surface area contributed by atoms with Crippen LogP contribution in [0.25, 0.3) is 0 Å². The first-order valence-corrected chi connectivity index (χ1v) is 9.83. The molecule has 2 unspecified atom stereocenters. The van der Waals surface area contributed by atoms with Crippen LogP contribution >= 0.6 is 31.9 Å². The van der Waals surface area contributed by atoms with E-state index >= 15 is 0 Å². The standard InChI is InChI=1S/C13H18Br2N2O3S/c14-8-6-9(15)13(10(16)7-8)21(19,20)17-11-4-2-1-3-5-12(11)18/h6-7,11-12,17-18H,1-5,16H2. The number of nitrogens with two attached hydrogens (primary N) is 1. The van der Waals surface area contributed by atoms with Crippen molar-refractivity contribution in [2.45, 2.75) is 49.1 Å². The molecule has 21 heavy (non-hydrogen) atoms. The average molecular weight is 442 g/mol. The van der Waals surface area contributed by atoms with Crippen LogP contribution in [0.2, 0.25) is 0 Å². The van der Waals surface area contributed by atoms with Crippen molar-refractivity contribution in [3.63, 3.8) is 0 Å². The highest BCUT2D eigenvalue weighted by molar-refractivity contribution is 9.11. The van der Waals surface area contributed by atoms with Crippen LogP contribution < -0.4 is 10.5 Å². The minimum Gasteiger partial charge on any atom is -0.398 e. The fourth-order valence-corrected chi connectivity index (χ4v) is 5.92. The Balaban J connectivity index is 2.30. The van der Waals surface area contributed by atoms with Gasteiger partial charge in [0.2, 0.25) is 10.0 Å². The van der Waals surface area contributed by atoms with Crippen molar-refractivity contribution in [1.82, 2.24) is 4.72 Å². The molecule has 0 heterocycles. The number of rotatable bonds is 3. The van der Waals surface area contributed by atoms with Crippen molar-refractivity contribution < 1.29 is 13.5 Å².